The lowest BCUT2D eigenvalue weighted by molar-refractivity contribution is -0.325. The molecule has 0 bridgehead atoms. The van der Waals surface area contributed by atoms with Gasteiger partial charge in [-0.2, -0.15) is 5.10 Å². The summed E-state index contributed by atoms with van der Waals surface area (Å²) in [7, 11) is 0. The standard InChI is InChI=1S/C8H9F3N2O3/c1-5-6(7(14)15)4-12-13(5)2-3-16-8(9,10)11/h4H,2-3H2,1H3,(H,14,15). The van der Waals surface area contributed by atoms with Crippen LogP contribution in [0.1, 0.15) is 16.1 Å². The molecule has 0 aliphatic rings. The second-order valence-corrected chi connectivity index (χ2v) is 2.97. The fourth-order valence-corrected chi connectivity index (χ4v) is 1.13. The van der Waals surface area contributed by atoms with Gasteiger partial charge in [0, 0.05) is 5.69 Å². The molecule has 0 fully saturated rings. The van der Waals surface area contributed by atoms with E-state index in [9.17, 15) is 18.0 Å². The van der Waals surface area contributed by atoms with Gasteiger partial charge in [-0.3, -0.25) is 9.42 Å². The van der Waals surface area contributed by atoms with E-state index in [4.69, 9.17) is 5.11 Å². The van der Waals surface area contributed by atoms with Gasteiger partial charge in [-0.1, -0.05) is 0 Å². The molecule has 1 heterocycles. The molecule has 1 N–H and O–H groups in total. The van der Waals surface area contributed by atoms with E-state index in [0.29, 0.717) is 5.69 Å². The van der Waals surface area contributed by atoms with E-state index in [-0.39, 0.29) is 12.1 Å². The minimum Gasteiger partial charge on any atom is -0.478 e. The molecule has 0 aromatic carbocycles. The molecule has 0 radical (unpaired) electrons. The normalized spacial score (nSPS) is 11.8. The number of carboxylic acids is 1. The zero-order valence-corrected chi connectivity index (χ0v) is 8.28. The first-order valence-corrected chi connectivity index (χ1v) is 4.27. The average molecular weight is 238 g/mol. The van der Waals surface area contributed by atoms with E-state index in [1.165, 1.54) is 6.92 Å². The summed E-state index contributed by atoms with van der Waals surface area (Å²) in [6, 6.07) is 0. The monoisotopic (exact) mass is 238 g/mol. The van der Waals surface area contributed by atoms with E-state index in [0.717, 1.165) is 10.9 Å². The summed E-state index contributed by atoms with van der Waals surface area (Å²) >= 11 is 0. The molecule has 0 atom stereocenters. The molecule has 0 aliphatic heterocycles. The maximum absolute atomic E-state index is 11.6. The van der Waals surface area contributed by atoms with Crippen LogP contribution in [-0.2, 0) is 11.3 Å². The number of alkyl halides is 3. The summed E-state index contributed by atoms with van der Waals surface area (Å²) in [4.78, 5) is 10.6. The van der Waals surface area contributed by atoms with E-state index in [2.05, 4.69) is 9.84 Å². The van der Waals surface area contributed by atoms with Crippen LogP contribution in [0.25, 0.3) is 0 Å². The van der Waals surface area contributed by atoms with Crippen molar-refractivity contribution >= 4 is 5.97 Å². The first-order chi connectivity index (χ1) is 7.31. The Morgan fingerprint density at radius 1 is 1.62 bits per heavy atom. The Balaban J connectivity index is 2.59. The summed E-state index contributed by atoms with van der Waals surface area (Å²) in [6.45, 7) is 0.702. The van der Waals surface area contributed by atoms with Gasteiger partial charge in [0.05, 0.1) is 19.3 Å². The highest BCUT2D eigenvalue weighted by Crippen LogP contribution is 2.16. The lowest BCUT2D eigenvalue weighted by Crippen LogP contribution is -2.18. The van der Waals surface area contributed by atoms with Crippen LogP contribution in [0.15, 0.2) is 6.20 Å². The molecule has 0 aliphatic carbocycles. The van der Waals surface area contributed by atoms with Crippen LogP contribution in [0.4, 0.5) is 13.2 Å². The van der Waals surface area contributed by atoms with Crippen molar-refractivity contribution in [1.82, 2.24) is 9.78 Å². The van der Waals surface area contributed by atoms with Crippen LogP contribution in [0.2, 0.25) is 0 Å². The predicted octanol–water partition coefficient (Wildman–Crippen LogP) is 1.43. The molecule has 0 amide bonds. The average Bonchev–Trinajstić information content (AvgIpc) is 2.46. The number of rotatable bonds is 4. The highest BCUT2D eigenvalue weighted by atomic mass is 19.4. The number of aromatic nitrogens is 2. The lowest BCUT2D eigenvalue weighted by Gasteiger charge is -2.08. The molecule has 0 unspecified atom stereocenters. The van der Waals surface area contributed by atoms with Gasteiger partial charge in [0.2, 0.25) is 0 Å². The Hall–Kier alpha value is -1.57. The summed E-state index contributed by atoms with van der Waals surface area (Å²) in [5, 5.41) is 12.3. The number of hydrogen-bond donors (Lipinski definition) is 1. The third-order valence-corrected chi connectivity index (χ3v) is 1.90. The third kappa shape index (κ3) is 3.23. The molecular weight excluding hydrogens is 229 g/mol. The van der Waals surface area contributed by atoms with Gasteiger partial charge in [-0.15, -0.1) is 13.2 Å². The molecule has 0 spiro atoms. The van der Waals surface area contributed by atoms with Crippen molar-refractivity contribution < 1.29 is 27.8 Å². The van der Waals surface area contributed by atoms with Gasteiger partial charge in [0.1, 0.15) is 5.56 Å². The number of nitrogens with zero attached hydrogens (tertiary/aromatic N) is 2. The first kappa shape index (κ1) is 12.5. The molecule has 0 saturated carbocycles. The van der Waals surface area contributed by atoms with Crippen molar-refractivity contribution in [3.8, 4) is 0 Å². The number of carbonyl (C=O) groups is 1. The van der Waals surface area contributed by atoms with Crippen molar-refractivity contribution in [3.63, 3.8) is 0 Å². The second-order valence-electron chi connectivity index (χ2n) is 2.97. The maximum Gasteiger partial charge on any atom is 0.522 e. The summed E-state index contributed by atoms with van der Waals surface area (Å²) < 4.78 is 39.6. The van der Waals surface area contributed by atoms with Gasteiger partial charge >= 0.3 is 12.3 Å². The molecule has 1 aromatic heterocycles. The largest absolute Gasteiger partial charge is 0.522 e. The second kappa shape index (κ2) is 4.52. The van der Waals surface area contributed by atoms with E-state index < -0.39 is 18.9 Å². The highest BCUT2D eigenvalue weighted by Gasteiger charge is 2.28. The Labute approximate surface area is 88.4 Å². The van der Waals surface area contributed by atoms with E-state index in [1.807, 2.05) is 0 Å². The van der Waals surface area contributed by atoms with Gasteiger partial charge in [-0.05, 0) is 6.92 Å². The van der Waals surface area contributed by atoms with Gasteiger partial charge < -0.3 is 5.11 Å². The minimum atomic E-state index is -4.68. The van der Waals surface area contributed by atoms with Crippen LogP contribution in [0.3, 0.4) is 0 Å². The van der Waals surface area contributed by atoms with E-state index in [1.54, 1.807) is 0 Å². The fourth-order valence-electron chi connectivity index (χ4n) is 1.13. The van der Waals surface area contributed by atoms with Crippen LogP contribution >= 0.6 is 0 Å². The molecule has 0 saturated heterocycles. The SMILES string of the molecule is Cc1c(C(=O)O)cnn1CCOC(F)(F)F. The van der Waals surface area contributed by atoms with Crippen molar-refractivity contribution in [2.45, 2.75) is 19.8 Å². The lowest BCUT2D eigenvalue weighted by atomic mass is 10.3. The summed E-state index contributed by atoms with van der Waals surface area (Å²) in [5.74, 6) is -1.17. The number of aromatic carboxylic acids is 1. The smallest absolute Gasteiger partial charge is 0.478 e. The molecular formula is C8H9F3N2O3. The molecule has 1 rings (SSSR count). The van der Waals surface area contributed by atoms with Crippen LogP contribution in [-0.4, -0.2) is 33.8 Å². The zero-order chi connectivity index (χ0) is 12.3. The molecule has 8 heteroatoms. The Kier molecular flexibility index (Phi) is 3.53. The molecule has 90 valence electrons. The maximum atomic E-state index is 11.6. The third-order valence-electron chi connectivity index (χ3n) is 1.90. The van der Waals surface area contributed by atoms with Crippen molar-refractivity contribution in [2.75, 3.05) is 6.61 Å². The first-order valence-electron chi connectivity index (χ1n) is 4.27. The summed E-state index contributed by atoms with van der Waals surface area (Å²) in [5.41, 5.74) is 0.255. The summed E-state index contributed by atoms with van der Waals surface area (Å²) in [6.07, 6.45) is -3.60. The van der Waals surface area contributed by atoms with Crippen molar-refractivity contribution in [1.29, 1.82) is 0 Å². The molecule has 5 nitrogen and oxygen atoms in total. The highest BCUT2D eigenvalue weighted by molar-refractivity contribution is 5.88. The van der Waals surface area contributed by atoms with Gasteiger partial charge in [-0.25, -0.2) is 4.79 Å². The number of hydrogen-bond acceptors (Lipinski definition) is 3. The number of ether oxygens (including phenoxy) is 1. The Morgan fingerprint density at radius 3 is 2.69 bits per heavy atom. The fraction of sp³-hybridized carbons (Fsp3) is 0.500. The van der Waals surface area contributed by atoms with E-state index >= 15 is 0 Å². The van der Waals surface area contributed by atoms with Gasteiger partial charge in [0.25, 0.3) is 0 Å². The Bertz CT molecular complexity index is 386. The zero-order valence-electron chi connectivity index (χ0n) is 8.28. The minimum absolute atomic E-state index is 0.0352. The molecule has 1 aromatic rings. The quantitative estimate of drug-likeness (QED) is 0.861. The van der Waals surface area contributed by atoms with Crippen molar-refractivity contribution in [3.05, 3.63) is 17.5 Å². The van der Waals surface area contributed by atoms with Gasteiger partial charge in [0.15, 0.2) is 0 Å². The van der Waals surface area contributed by atoms with Crippen LogP contribution in [0, 0.1) is 6.92 Å². The molecule has 16 heavy (non-hydrogen) atoms. The number of halogens is 3. The number of carboxylic acid groups (broad SMARTS) is 1. The van der Waals surface area contributed by atoms with Crippen LogP contribution in [0.5, 0.6) is 0 Å². The van der Waals surface area contributed by atoms with Crippen molar-refractivity contribution in [2.24, 2.45) is 0 Å². The Morgan fingerprint density at radius 2 is 2.25 bits per heavy atom. The predicted molar refractivity (Wildman–Crippen MR) is 45.9 cm³/mol. The van der Waals surface area contributed by atoms with Crippen LogP contribution < -0.4 is 0 Å². The topological polar surface area (TPSA) is 64.3 Å².